The Labute approximate surface area is 236 Å². The lowest BCUT2D eigenvalue weighted by Crippen LogP contribution is -2.43. The second kappa shape index (κ2) is 11.6. The number of ether oxygens (including phenoxy) is 2. The molecule has 0 bridgehead atoms. The molecule has 1 aliphatic carbocycles. The van der Waals surface area contributed by atoms with Gasteiger partial charge in [-0.1, -0.05) is 48.5 Å². The minimum Gasteiger partial charge on any atom is -0.449 e. The summed E-state index contributed by atoms with van der Waals surface area (Å²) in [5, 5.41) is 9.20. The molecule has 1 saturated heterocycles. The van der Waals surface area contributed by atoms with E-state index in [9.17, 15) is 9.59 Å². The Balaban J connectivity index is 1.28. The number of nitrogens with zero attached hydrogens (tertiary/aromatic N) is 1. The van der Waals surface area contributed by atoms with Crippen molar-refractivity contribution in [1.29, 1.82) is 0 Å². The van der Waals surface area contributed by atoms with Crippen LogP contribution in [0.4, 0.5) is 21.0 Å². The van der Waals surface area contributed by atoms with Crippen molar-refractivity contribution in [1.82, 2.24) is 10.6 Å². The van der Waals surface area contributed by atoms with Crippen LogP contribution in [0.25, 0.3) is 11.1 Å². The zero-order valence-electron chi connectivity index (χ0n) is 23.7. The third-order valence-corrected chi connectivity index (χ3v) is 7.38. The fraction of sp³-hybridized carbons (Fsp3) is 0.375. The van der Waals surface area contributed by atoms with E-state index in [1.54, 1.807) is 0 Å². The zero-order chi connectivity index (χ0) is 28.3. The van der Waals surface area contributed by atoms with Crippen LogP contribution in [0.2, 0.25) is 0 Å². The lowest BCUT2D eigenvalue weighted by atomic mass is 9.98. The van der Waals surface area contributed by atoms with Crippen molar-refractivity contribution in [2.45, 2.75) is 45.8 Å². The minimum absolute atomic E-state index is 0.000515. The summed E-state index contributed by atoms with van der Waals surface area (Å²) in [4.78, 5) is 27.7. The second-order valence-electron chi connectivity index (χ2n) is 11.3. The fourth-order valence-corrected chi connectivity index (χ4v) is 5.41. The molecule has 8 nitrogen and oxygen atoms in total. The van der Waals surface area contributed by atoms with Crippen LogP contribution in [0.5, 0.6) is 0 Å². The predicted octanol–water partition coefficient (Wildman–Crippen LogP) is 5.79. The van der Waals surface area contributed by atoms with Gasteiger partial charge in [-0.15, -0.1) is 0 Å². The zero-order valence-corrected chi connectivity index (χ0v) is 23.7. The maximum absolute atomic E-state index is 12.9. The van der Waals surface area contributed by atoms with Crippen LogP contribution in [0.3, 0.4) is 0 Å². The Hall–Kier alpha value is -4.04. The van der Waals surface area contributed by atoms with Gasteiger partial charge in [0.05, 0.1) is 0 Å². The lowest BCUT2D eigenvalue weighted by Gasteiger charge is -2.31. The third kappa shape index (κ3) is 6.23. The predicted molar refractivity (Wildman–Crippen MR) is 158 cm³/mol. The summed E-state index contributed by atoms with van der Waals surface area (Å²) >= 11 is 0. The maximum Gasteiger partial charge on any atom is 0.412 e. The fourth-order valence-electron chi connectivity index (χ4n) is 5.41. The first-order valence-electron chi connectivity index (χ1n) is 13.9. The molecule has 0 saturated carbocycles. The topological polar surface area (TPSA) is 91.9 Å². The Morgan fingerprint density at radius 3 is 2.20 bits per heavy atom. The van der Waals surface area contributed by atoms with Crippen molar-refractivity contribution in [3.63, 3.8) is 0 Å². The summed E-state index contributed by atoms with van der Waals surface area (Å²) in [6.45, 7) is 11.4. The van der Waals surface area contributed by atoms with Crippen LogP contribution in [0.15, 0.2) is 60.7 Å². The molecule has 40 heavy (non-hydrogen) atoms. The number of carbonyl (C=O) groups is 2. The highest BCUT2D eigenvalue weighted by atomic mass is 16.6. The Kier molecular flexibility index (Phi) is 7.98. The number of anilines is 2. The van der Waals surface area contributed by atoms with E-state index in [4.69, 9.17) is 9.47 Å². The smallest absolute Gasteiger partial charge is 0.412 e. The molecule has 5 rings (SSSR count). The van der Waals surface area contributed by atoms with Crippen molar-refractivity contribution < 1.29 is 19.1 Å². The van der Waals surface area contributed by atoms with Gasteiger partial charge in [0.1, 0.15) is 12.2 Å². The molecule has 3 N–H and O–H groups in total. The maximum atomic E-state index is 12.9. The average Bonchev–Trinajstić information content (AvgIpc) is 3.25. The number of alkyl carbamates (subject to hydrolysis) is 1. The molecule has 2 aliphatic rings. The molecule has 0 aromatic heterocycles. The standard InChI is InChI=1S/C32H38N4O4/c1-21-22(17-23(36-15-13-33-14-16-36)18-29(21)35-31(38)40-32(2,3)4)19-34-30(37)39-20-28-26-11-7-5-9-24(26)25-10-6-8-12-27(25)28/h5-12,17-18,28,33H,13-16,19-20H2,1-4H3,(H,34,37)(H,35,38). The van der Waals surface area contributed by atoms with Gasteiger partial charge in [0, 0.05) is 50.0 Å². The summed E-state index contributed by atoms with van der Waals surface area (Å²) in [6.07, 6.45) is -0.987. The molecule has 0 radical (unpaired) electrons. The Bertz CT molecular complexity index is 1350. The van der Waals surface area contributed by atoms with Crippen molar-refractivity contribution >= 4 is 23.6 Å². The molecule has 0 unspecified atom stereocenters. The van der Waals surface area contributed by atoms with Crippen LogP contribution >= 0.6 is 0 Å². The van der Waals surface area contributed by atoms with Gasteiger partial charge in [-0.25, -0.2) is 9.59 Å². The molecular formula is C32H38N4O4. The largest absolute Gasteiger partial charge is 0.449 e. The molecule has 8 heteroatoms. The van der Waals surface area contributed by atoms with E-state index in [0.717, 1.165) is 43.0 Å². The van der Waals surface area contributed by atoms with Crippen LogP contribution in [0, 0.1) is 6.92 Å². The number of fused-ring (bicyclic) bond motifs is 3. The first-order chi connectivity index (χ1) is 19.2. The Morgan fingerprint density at radius 1 is 0.950 bits per heavy atom. The van der Waals surface area contributed by atoms with Crippen molar-refractivity contribution in [3.8, 4) is 11.1 Å². The normalized spacial score (nSPS) is 14.8. The van der Waals surface area contributed by atoms with Gasteiger partial charge in [-0.3, -0.25) is 5.32 Å². The number of hydrogen-bond acceptors (Lipinski definition) is 6. The van der Waals surface area contributed by atoms with Crippen molar-refractivity contribution in [3.05, 3.63) is 82.9 Å². The molecule has 210 valence electrons. The van der Waals surface area contributed by atoms with Gasteiger partial charge in [0.15, 0.2) is 0 Å². The van der Waals surface area contributed by atoms with Gasteiger partial charge < -0.3 is 25.0 Å². The lowest BCUT2D eigenvalue weighted by molar-refractivity contribution is 0.0635. The van der Waals surface area contributed by atoms with Crippen LogP contribution in [-0.4, -0.2) is 50.6 Å². The Morgan fingerprint density at radius 2 is 1.57 bits per heavy atom. The number of nitrogens with one attached hydrogen (secondary N) is 3. The highest BCUT2D eigenvalue weighted by molar-refractivity contribution is 5.87. The van der Waals surface area contributed by atoms with E-state index >= 15 is 0 Å². The monoisotopic (exact) mass is 542 g/mol. The number of amides is 2. The van der Waals surface area contributed by atoms with Crippen LogP contribution in [-0.2, 0) is 16.0 Å². The molecule has 0 spiro atoms. The average molecular weight is 543 g/mol. The van der Waals surface area contributed by atoms with Gasteiger partial charge in [-0.05, 0) is 73.2 Å². The summed E-state index contributed by atoms with van der Waals surface area (Å²) in [6, 6.07) is 20.6. The van der Waals surface area contributed by atoms with Gasteiger partial charge in [-0.2, -0.15) is 0 Å². The second-order valence-corrected chi connectivity index (χ2v) is 11.3. The minimum atomic E-state index is -0.609. The van der Waals surface area contributed by atoms with Gasteiger partial charge in [0.25, 0.3) is 0 Å². The first-order valence-corrected chi connectivity index (χ1v) is 13.9. The first kappa shape index (κ1) is 27.5. The number of benzene rings is 3. The number of hydrogen-bond donors (Lipinski definition) is 3. The van der Waals surface area contributed by atoms with E-state index < -0.39 is 17.8 Å². The molecule has 3 aromatic carbocycles. The molecule has 1 heterocycles. The van der Waals surface area contributed by atoms with E-state index in [2.05, 4.69) is 51.2 Å². The molecular weight excluding hydrogens is 504 g/mol. The van der Waals surface area contributed by atoms with Gasteiger partial charge >= 0.3 is 12.2 Å². The summed E-state index contributed by atoms with van der Waals surface area (Å²) < 4.78 is 11.2. The van der Waals surface area contributed by atoms with Crippen molar-refractivity contribution in [2.24, 2.45) is 0 Å². The summed E-state index contributed by atoms with van der Waals surface area (Å²) in [7, 11) is 0. The number of rotatable bonds is 6. The summed E-state index contributed by atoms with van der Waals surface area (Å²) in [5.41, 5.74) is 7.54. The van der Waals surface area contributed by atoms with Crippen LogP contribution in [0.1, 0.15) is 48.9 Å². The van der Waals surface area contributed by atoms with E-state index in [-0.39, 0.29) is 19.1 Å². The highest BCUT2D eigenvalue weighted by Crippen LogP contribution is 2.44. The quantitative estimate of drug-likeness (QED) is 0.365. The van der Waals surface area contributed by atoms with E-state index in [1.165, 1.54) is 22.3 Å². The molecule has 1 fully saturated rings. The molecule has 1 aliphatic heterocycles. The summed E-state index contributed by atoms with van der Waals surface area (Å²) in [5.74, 6) is 0.000515. The van der Waals surface area contributed by atoms with E-state index in [0.29, 0.717) is 5.69 Å². The van der Waals surface area contributed by atoms with Gasteiger partial charge in [0.2, 0.25) is 0 Å². The highest BCUT2D eigenvalue weighted by Gasteiger charge is 2.29. The third-order valence-electron chi connectivity index (χ3n) is 7.38. The molecule has 2 amide bonds. The molecule has 0 atom stereocenters. The van der Waals surface area contributed by atoms with Crippen molar-refractivity contribution in [2.75, 3.05) is 43.0 Å². The molecule has 3 aromatic rings. The van der Waals surface area contributed by atoms with Crippen LogP contribution < -0.4 is 20.9 Å². The van der Waals surface area contributed by atoms with E-state index in [1.807, 2.05) is 58.0 Å². The number of carbonyl (C=O) groups excluding carboxylic acids is 2. The number of piperazine rings is 1. The SMILES string of the molecule is Cc1c(CNC(=O)OCC2c3ccccc3-c3ccccc32)cc(N2CCNCC2)cc1NC(=O)OC(C)(C)C.